The lowest BCUT2D eigenvalue weighted by atomic mass is 10.2. The summed E-state index contributed by atoms with van der Waals surface area (Å²) in [6, 6.07) is 13.0. The maximum absolute atomic E-state index is 11.8. The standard InChI is InChI=1S/C20H21NO6/c1-14-3-2-4-16(9-14)24-8-7-20(23)25-12-19(22)21-11-15-5-6-17-18(10-15)27-13-26-17/h2-6,9-10H,7-8,11-13H2,1H3,(H,21,22). The molecule has 0 atom stereocenters. The summed E-state index contributed by atoms with van der Waals surface area (Å²) in [6.45, 7) is 2.34. The molecule has 1 amide bonds. The molecule has 0 aromatic heterocycles. The van der Waals surface area contributed by atoms with Crippen molar-refractivity contribution < 1.29 is 28.5 Å². The maximum Gasteiger partial charge on any atom is 0.309 e. The van der Waals surface area contributed by atoms with Gasteiger partial charge in [-0.05, 0) is 42.3 Å². The Morgan fingerprint density at radius 2 is 1.96 bits per heavy atom. The molecule has 0 saturated carbocycles. The maximum atomic E-state index is 11.8. The summed E-state index contributed by atoms with van der Waals surface area (Å²) in [6.07, 6.45) is 0.0728. The van der Waals surface area contributed by atoms with E-state index in [1.165, 1.54) is 0 Å². The molecule has 1 aliphatic rings. The van der Waals surface area contributed by atoms with E-state index in [-0.39, 0.29) is 32.3 Å². The Balaban J connectivity index is 1.32. The van der Waals surface area contributed by atoms with Crippen molar-refractivity contribution >= 4 is 11.9 Å². The van der Waals surface area contributed by atoms with Crippen molar-refractivity contribution in [2.45, 2.75) is 19.9 Å². The minimum Gasteiger partial charge on any atom is -0.493 e. The number of esters is 1. The second-order valence-corrected chi connectivity index (χ2v) is 6.04. The topological polar surface area (TPSA) is 83.1 Å². The summed E-state index contributed by atoms with van der Waals surface area (Å²) in [5, 5.41) is 2.69. The van der Waals surface area contributed by atoms with E-state index in [1.807, 2.05) is 37.3 Å². The zero-order valence-corrected chi connectivity index (χ0v) is 15.0. The second kappa shape index (κ2) is 8.93. The highest BCUT2D eigenvalue weighted by molar-refractivity contribution is 5.80. The molecule has 1 heterocycles. The lowest BCUT2D eigenvalue weighted by Gasteiger charge is -2.08. The van der Waals surface area contributed by atoms with Crippen molar-refractivity contribution in [3.8, 4) is 17.2 Å². The lowest BCUT2D eigenvalue weighted by Crippen LogP contribution is -2.28. The van der Waals surface area contributed by atoms with Gasteiger partial charge < -0.3 is 24.3 Å². The van der Waals surface area contributed by atoms with Crippen LogP contribution in [0.25, 0.3) is 0 Å². The predicted molar refractivity (Wildman–Crippen MR) is 96.7 cm³/mol. The number of carbonyl (C=O) groups is 2. The van der Waals surface area contributed by atoms with E-state index in [4.69, 9.17) is 18.9 Å². The van der Waals surface area contributed by atoms with Crippen LogP contribution in [0.4, 0.5) is 0 Å². The third kappa shape index (κ3) is 5.64. The van der Waals surface area contributed by atoms with Gasteiger partial charge in [-0.25, -0.2) is 0 Å². The summed E-state index contributed by atoms with van der Waals surface area (Å²) >= 11 is 0. The minimum atomic E-state index is -0.485. The highest BCUT2D eigenvalue weighted by Gasteiger charge is 2.14. The number of nitrogens with one attached hydrogen (secondary N) is 1. The van der Waals surface area contributed by atoms with Gasteiger partial charge >= 0.3 is 5.97 Å². The summed E-state index contributed by atoms with van der Waals surface area (Å²) < 4.78 is 21.0. The van der Waals surface area contributed by atoms with Crippen LogP contribution in [0.2, 0.25) is 0 Å². The highest BCUT2D eigenvalue weighted by atomic mass is 16.7. The number of carbonyl (C=O) groups excluding carboxylic acids is 2. The molecule has 0 fully saturated rings. The number of hydrogen-bond acceptors (Lipinski definition) is 6. The van der Waals surface area contributed by atoms with Gasteiger partial charge in [0.1, 0.15) is 5.75 Å². The van der Waals surface area contributed by atoms with E-state index >= 15 is 0 Å². The first-order valence-corrected chi connectivity index (χ1v) is 8.60. The smallest absolute Gasteiger partial charge is 0.309 e. The van der Waals surface area contributed by atoms with E-state index in [2.05, 4.69) is 5.32 Å². The van der Waals surface area contributed by atoms with Gasteiger partial charge in [0, 0.05) is 6.54 Å². The zero-order chi connectivity index (χ0) is 19.1. The van der Waals surface area contributed by atoms with Crippen LogP contribution in [-0.4, -0.2) is 31.9 Å². The average Bonchev–Trinajstić information content (AvgIpc) is 3.12. The molecule has 1 aliphatic heterocycles. The van der Waals surface area contributed by atoms with Crippen molar-refractivity contribution in [2.24, 2.45) is 0 Å². The van der Waals surface area contributed by atoms with Gasteiger partial charge in [-0.3, -0.25) is 9.59 Å². The normalized spacial score (nSPS) is 11.7. The van der Waals surface area contributed by atoms with Gasteiger partial charge in [-0.1, -0.05) is 18.2 Å². The van der Waals surface area contributed by atoms with Crippen LogP contribution < -0.4 is 19.5 Å². The zero-order valence-electron chi connectivity index (χ0n) is 15.0. The number of amides is 1. The van der Waals surface area contributed by atoms with Gasteiger partial charge in [0.25, 0.3) is 5.91 Å². The van der Waals surface area contributed by atoms with E-state index in [0.717, 1.165) is 11.1 Å². The first-order valence-electron chi connectivity index (χ1n) is 8.60. The van der Waals surface area contributed by atoms with E-state index in [0.29, 0.717) is 23.8 Å². The largest absolute Gasteiger partial charge is 0.493 e. The van der Waals surface area contributed by atoms with E-state index < -0.39 is 5.97 Å². The molecule has 0 unspecified atom stereocenters. The molecule has 0 saturated heterocycles. The van der Waals surface area contributed by atoms with Gasteiger partial charge in [0.2, 0.25) is 6.79 Å². The fraction of sp³-hybridized carbons (Fsp3) is 0.300. The third-order valence-corrected chi connectivity index (χ3v) is 3.86. The molecular weight excluding hydrogens is 350 g/mol. The molecule has 3 rings (SSSR count). The van der Waals surface area contributed by atoms with Crippen LogP contribution in [0.15, 0.2) is 42.5 Å². The molecule has 7 nitrogen and oxygen atoms in total. The Morgan fingerprint density at radius 1 is 1.11 bits per heavy atom. The van der Waals surface area contributed by atoms with Crippen LogP contribution in [0, 0.1) is 6.92 Å². The Labute approximate surface area is 157 Å². The first-order chi connectivity index (χ1) is 13.1. The molecule has 142 valence electrons. The van der Waals surface area contributed by atoms with Crippen molar-refractivity contribution in [3.05, 3.63) is 53.6 Å². The van der Waals surface area contributed by atoms with Crippen molar-refractivity contribution in [3.63, 3.8) is 0 Å². The predicted octanol–water partition coefficient (Wildman–Crippen LogP) is 2.35. The molecule has 0 bridgehead atoms. The number of fused-ring (bicyclic) bond motifs is 1. The number of benzene rings is 2. The molecular formula is C20H21NO6. The van der Waals surface area contributed by atoms with Gasteiger partial charge in [-0.2, -0.15) is 0 Å². The van der Waals surface area contributed by atoms with Crippen molar-refractivity contribution in [2.75, 3.05) is 20.0 Å². The van der Waals surface area contributed by atoms with Crippen LogP contribution in [0.1, 0.15) is 17.5 Å². The Hall–Kier alpha value is -3.22. The van der Waals surface area contributed by atoms with Crippen LogP contribution in [0.3, 0.4) is 0 Å². The van der Waals surface area contributed by atoms with Crippen LogP contribution in [-0.2, 0) is 20.9 Å². The molecule has 7 heteroatoms. The van der Waals surface area contributed by atoms with E-state index in [1.54, 1.807) is 12.1 Å². The SMILES string of the molecule is Cc1cccc(OCCC(=O)OCC(=O)NCc2ccc3c(c2)OCO3)c1. The average molecular weight is 371 g/mol. The Kier molecular flexibility index (Phi) is 6.14. The minimum absolute atomic E-state index is 0.0728. The summed E-state index contributed by atoms with van der Waals surface area (Å²) in [5.41, 5.74) is 1.94. The molecule has 0 aliphatic carbocycles. The van der Waals surface area contributed by atoms with Crippen molar-refractivity contribution in [1.29, 1.82) is 0 Å². The number of ether oxygens (including phenoxy) is 4. The van der Waals surface area contributed by atoms with Crippen LogP contribution >= 0.6 is 0 Å². The van der Waals surface area contributed by atoms with Gasteiger partial charge in [0.05, 0.1) is 13.0 Å². The van der Waals surface area contributed by atoms with Crippen molar-refractivity contribution in [1.82, 2.24) is 5.32 Å². The molecule has 27 heavy (non-hydrogen) atoms. The molecule has 1 N–H and O–H groups in total. The Morgan fingerprint density at radius 3 is 2.81 bits per heavy atom. The fourth-order valence-electron chi connectivity index (χ4n) is 2.48. The molecule has 0 spiro atoms. The summed E-state index contributed by atoms with van der Waals surface area (Å²) in [7, 11) is 0. The number of hydrogen-bond donors (Lipinski definition) is 1. The lowest BCUT2D eigenvalue weighted by molar-refractivity contribution is -0.149. The second-order valence-electron chi connectivity index (χ2n) is 6.04. The molecule has 2 aromatic rings. The van der Waals surface area contributed by atoms with Gasteiger partial charge in [-0.15, -0.1) is 0 Å². The third-order valence-electron chi connectivity index (χ3n) is 3.86. The fourth-order valence-corrected chi connectivity index (χ4v) is 2.48. The summed E-state index contributed by atoms with van der Waals surface area (Å²) in [4.78, 5) is 23.5. The van der Waals surface area contributed by atoms with Crippen LogP contribution in [0.5, 0.6) is 17.2 Å². The molecule has 2 aromatic carbocycles. The quantitative estimate of drug-likeness (QED) is 0.717. The van der Waals surface area contributed by atoms with E-state index in [9.17, 15) is 9.59 Å². The Bertz CT molecular complexity index is 820. The summed E-state index contributed by atoms with van der Waals surface area (Å²) in [5.74, 6) is 1.18. The number of aryl methyl sites for hydroxylation is 1. The number of rotatable bonds is 8. The molecule has 0 radical (unpaired) electrons. The first kappa shape index (κ1) is 18.6. The highest BCUT2D eigenvalue weighted by Crippen LogP contribution is 2.32. The monoisotopic (exact) mass is 371 g/mol. The van der Waals surface area contributed by atoms with Gasteiger partial charge in [0.15, 0.2) is 18.1 Å².